The molecule has 8 heteroatoms. The number of amides is 2. The van der Waals surface area contributed by atoms with Crippen LogP contribution in [0.1, 0.15) is 22.3 Å². The smallest absolute Gasteiger partial charge is 0.259 e. The molecule has 0 saturated heterocycles. The Morgan fingerprint density at radius 2 is 1.89 bits per heavy atom. The molecule has 0 spiro atoms. The van der Waals surface area contributed by atoms with Gasteiger partial charge in [0.15, 0.2) is 11.5 Å². The molecule has 8 nitrogen and oxygen atoms in total. The number of methoxy groups -OCH3 is 2. The second kappa shape index (κ2) is 8.90. The molecule has 0 atom stereocenters. The maximum Gasteiger partial charge on any atom is 0.259 e. The van der Waals surface area contributed by atoms with E-state index in [2.05, 4.69) is 21.2 Å². The van der Waals surface area contributed by atoms with Crippen LogP contribution < -0.4 is 25.5 Å². The summed E-state index contributed by atoms with van der Waals surface area (Å²) in [5.41, 5.74) is 5.62. The van der Waals surface area contributed by atoms with Gasteiger partial charge in [0.2, 0.25) is 0 Å². The number of anilines is 1. The van der Waals surface area contributed by atoms with Crippen molar-refractivity contribution in [1.29, 1.82) is 0 Å². The standard InChI is InChI=1S/C20H22N4O4/c1-27-17-8-7-13(11-18(17)28-2)20(26)22-12-19(25)24-23-16-9-10-21-15-6-4-3-5-14(15)16/h3-8,11,21H,9-10,12H2,1-2H3,(H,22,26)(H,24,25). The van der Waals surface area contributed by atoms with Crippen molar-refractivity contribution in [1.82, 2.24) is 10.7 Å². The molecule has 1 aliphatic heterocycles. The lowest BCUT2D eigenvalue weighted by molar-refractivity contribution is -0.120. The lowest BCUT2D eigenvalue weighted by atomic mass is 10.0. The normalized spacial score (nSPS) is 13.9. The number of fused-ring (bicyclic) bond motifs is 1. The van der Waals surface area contributed by atoms with Crippen molar-refractivity contribution < 1.29 is 19.1 Å². The predicted octanol–water partition coefficient (Wildman–Crippen LogP) is 1.77. The Morgan fingerprint density at radius 3 is 2.68 bits per heavy atom. The number of nitrogens with one attached hydrogen (secondary N) is 3. The zero-order chi connectivity index (χ0) is 19.9. The fourth-order valence-corrected chi connectivity index (χ4v) is 2.86. The molecule has 0 saturated carbocycles. The minimum Gasteiger partial charge on any atom is -0.493 e. The van der Waals surface area contributed by atoms with Crippen LogP contribution in [0.15, 0.2) is 47.6 Å². The third-order valence-electron chi connectivity index (χ3n) is 4.29. The molecule has 2 amide bonds. The zero-order valence-corrected chi connectivity index (χ0v) is 15.7. The summed E-state index contributed by atoms with van der Waals surface area (Å²) in [6, 6.07) is 12.6. The van der Waals surface area contributed by atoms with Crippen molar-refractivity contribution >= 4 is 23.2 Å². The number of ether oxygens (including phenoxy) is 2. The van der Waals surface area contributed by atoms with Gasteiger partial charge in [-0.1, -0.05) is 18.2 Å². The summed E-state index contributed by atoms with van der Waals surface area (Å²) in [6.45, 7) is 0.561. The van der Waals surface area contributed by atoms with Crippen molar-refractivity contribution in [2.24, 2.45) is 5.10 Å². The van der Waals surface area contributed by atoms with Gasteiger partial charge in [-0.3, -0.25) is 9.59 Å². The largest absolute Gasteiger partial charge is 0.493 e. The molecule has 0 aliphatic carbocycles. The highest BCUT2D eigenvalue weighted by atomic mass is 16.5. The van der Waals surface area contributed by atoms with Gasteiger partial charge in [-0.15, -0.1) is 0 Å². The van der Waals surface area contributed by atoms with Crippen molar-refractivity contribution in [2.45, 2.75) is 6.42 Å². The average molecular weight is 382 g/mol. The van der Waals surface area contributed by atoms with E-state index in [1.807, 2.05) is 24.3 Å². The molecular weight excluding hydrogens is 360 g/mol. The molecule has 0 radical (unpaired) electrons. The fourth-order valence-electron chi connectivity index (χ4n) is 2.86. The first-order chi connectivity index (χ1) is 13.6. The molecule has 146 valence electrons. The number of benzene rings is 2. The van der Waals surface area contributed by atoms with Crippen LogP contribution in [0.3, 0.4) is 0 Å². The molecule has 3 rings (SSSR count). The highest BCUT2D eigenvalue weighted by Gasteiger charge is 2.15. The fraction of sp³-hybridized carbons (Fsp3) is 0.250. The maximum atomic E-state index is 12.3. The van der Waals surface area contributed by atoms with Gasteiger partial charge in [-0.2, -0.15) is 5.10 Å². The highest BCUT2D eigenvalue weighted by molar-refractivity contribution is 6.07. The van der Waals surface area contributed by atoms with Gasteiger partial charge in [0.05, 0.1) is 26.5 Å². The van der Waals surface area contributed by atoms with Gasteiger partial charge >= 0.3 is 0 Å². The van der Waals surface area contributed by atoms with E-state index < -0.39 is 11.8 Å². The Morgan fingerprint density at radius 1 is 1.11 bits per heavy atom. The molecule has 2 aromatic carbocycles. The van der Waals surface area contributed by atoms with Gasteiger partial charge in [0.25, 0.3) is 11.8 Å². The summed E-state index contributed by atoms with van der Waals surface area (Å²) in [7, 11) is 3.01. The number of hydrazone groups is 1. The van der Waals surface area contributed by atoms with E-state index in [1.54, 1.807) is 18.2 Å². The first-order valence-corrected chi connectivity index (χ1v) is 8.81. The molecule has 1 aliphatic rings. The van der Waals surface area contributed by atoms with Gasteiger partial charge in [-0.25, -0.2) is 5.43 Å². The lowest BCUT2D eigenvalue weighted by Gasteiger charge is -2.19. The minimum absolute atomic E-state index is 0.191. The van der Waals surface area contributed by atoms with Crippen LogP contribution in [0.5, 0.6) is 11.5 Å². The number of nitrogens with zero attached hydrogens (tertiary/aromatic N) is 1. The minimum atomic E-state index is -0.405. The first kappa shape index (κ1) is 19.2. The van der Waals surface area contributed by atoms with Crippen LogP contribution in [0, 0.1) is 0 Å². The van der Waals surface area contributed by atoms with Crippen LogP contribution in [-0.2, 0) is 4.79 Å². The van der Waals surface area contributed by atoms with Crippen molar-refractivity contribution in [3.63, 3.8) is 0 Å². The van der Waals surface area contributed by atoms with Gasteiger partial charge in [-0.05, 0) is 24.3 Å². The molecule has 0 fully saturated rings. The molecule has 28 heavy (non-hydrogen) atoms. The molecule has 2 aromatic rings. The summed E-state index contributed by atoms with van der Waals surface area (Å²) >= 11 is 0. The average Bonchev–Trinajstić information content (AvgIpc) is 2.75. The number of carbonyl (C=O) groups is 2. The second-order valence-electron chi connectivity index (χ2n) is 6.07. The zero-order valence-electron chi connectivity index (χ0n) is 15.7. The van der Waals surface area contributed by atoms with Gasteiger partial charge in [0.1, 0.15) is 0 Å². The van der Waals surface area contributed by atoms with Gasteiger partial charge in [0, 0.05) is 29.8 Å². The van der Waals surface area contributed by atoms with E-state index >= 15 is 0 Å². The summed E-state index contributed by atoms with van der Waals surface area (Å²) < 4.78 is 10.3. The van der Waals surface area contributed by atoms with E-state index in [1.165, 1.54) is 14.2 Å². The number of rotatable bonds is 6. The van der Waals surface area contributed by atoms with E-state index in [4.69, 9.17) is 9.47 Å². The van der Waals surface area contributed by atoms with E-state index in [9.17, 15) is 9.59 Å². The van der Waals surface area contributed by atoms with Crippen molar-refractivity contribution in [3.8, 4) is 11.5 Å². The van der Waals surface area contributed by atoms with Crippen LogP contribution in [0.2, 0.25) is 0 Å². The molecule has 0 bridgehead atoms. The summed E-state index contributed by atoms with van der Waals surface area (Å²) in [6.07, 6.45) is 0.704. The Hall–Kier alpha value is -3.55. The van der Waals surface area contributed by atoms with Crippen LogP contribution in [0.4, 0.5) is 5.69 Å². The topological polar surface area (TPSA) is 101 Å². The summed E-state index contributed by atoms with van der Waals surface area (Å²) in [4.78, 5) is 24.3. The molecule has 0 aromatic heterocycles. The lowest BCUT2D eigenvalue weighted by Crippen LogP contribution is -2.35. The van der Waals surface area contributed by atoms with Crippen LogP contribution in [0.25, 0.3) is 0 Å². The number of hydrogen-bond donors (Lipinski definition) is 3. The second-order valence-corrected chi connectivity index (χ2v) is 6.07. The third kappa shape index (κ3) is 4.40. The Bertz CT molecular complexity index is 911. The van der Waals surface area contributed by atoms with Crippen molar-refractivity contribution in [3.05, 3.63) is 53.6 Å². The monoisotopic (exact) mass is 382 g/mol. The van der Waals surface area contributed by atoms with Crippen molar-refractivity contribution in [2.75, 3.05) is 32.6 Å². The first-order valence-electron chi connectivity index (χ1n) is 8.81. The Kier molecular flexibility index (Phi) is 6.11. The molecular formula is C20H22N4O4. The maximum absolute atomic E-state index is 12.3. The van der Waals surface area contributed by atoms with E-state index in [-0.39, 0.29) is 6.54 Å². The van der Waals surface area contributed by atoms with E-state index in [0.717, 1.165) is 23.5 Å². The summed E-state index contributed by atoms with van der Waals surface area (Å²) in [5.74, 6) is 0.166. The van der Waals surface area contributed by atoms with Crippen LogP contribution in [-0.4, -0.2) is 44.8 Å². The SMILES string of the molecule is COc1ccc(C(=O)NCC(=O)NN=C2CCNc3ccccc32)cc1OC. The molecule has 3 N–H and O–H groups in total. The highest BCUT2D eigenvalue weighted by Crippen LogP contribution is 2.27. The Labute approximate surface area is 162 Å². The van der Waals surface area contributed by atoms with E-state index in [0.29, 0.717) is 23.5 Å². The van der Waals surface area contributed by atoms with Crippen LogP contribution >= 0.6 is 0 Å². The molecule has 1 heterocycles. The number of hydrogen-bond acceptors (Lipinski definition) is 6. The number of carbonyl (C=O) groups excluding carboxylic acids is 2. The Balaban J connectivity index is 1.57. The molecule has 0 unspecified atom stereocenters. The predicted molar refractivity (Wildman–Crippen MR) is 106 cm³/mol. The number of para-hydroxylation sites is 1. The quantitative estimate of drug-likeness (QED) is 0.661. The van der Waals surface area contributed by atoms with Gasteiger partial charge < -0.3 is 20.1 Å². The third-order valence-corrected chi connectivity index (χ3v) is 4.29. The summed E-state index contributed by atoms with van der Waals surface area (Å²) in [5, 5.41) is 10.1.